The van der Waals surface area contributed by atoms with E-state index in [1.165, 1.54) is 0 Å². The van der Waals surface area contributed by atoms with Crippen LogP contribution >= 0.6 is 0 Å². The largest absolute Gasteiger partial charge is 0.493 e. The Morgan fingerprint density at radius 2 is 1.73 bits per heavy atom. The van der Waals surface area contributed by atoms with E-state index in [2.05, 4.69) is 0 Å². The number of halogens is 3. The van der Waals surface area contributed by atoms with E-state index in [9.17, 15) is 21.6 Å². The molecule has 1 unspecified atom stereocenters. The molecule has 1 atom stereocenters. The molecule has 0 radical (unpaired) electrons. The number of hydrogen-bond acceptors (Lipinski definition) is 3. The van der Waals surface area contributed by atoms with Gasteiger partial charge in [-0.05, 0) is 31.0 Å². The molecule has 1 saturated heterocycles. The van der Waals surface area contributed by atoms with Crippen LogP contribution in [-0.2, 0) is 10.0 Å². The van der Waals surface area contributed by atoms with E-state index in [1.807, 2.05) is 18.2 Å². The van der Waals surface area contributed by atoms with Crippen LogP contribution in [0.3, 0.4) is 0 Å². The molecule has 4 nitrogen and oxygen atoms in total. The maximum Gasteiger partial charge on any atom is 0.246 e. The molecule has 1 aliphatic rings. The highest BCUT2D eigenvalue weighted by Gasteiger charge is 2.33. The summed E-state index contributed by atoms with van der Waals surface area (Å²) in [4.78, 5) is -0.846. The molecule has 0 aliphatic carbocycles. The highest BCUT2D eigenvalue weighted by Crippen LogP contribution is 2.27. The predicted molar refractivity (Wildman–Crippen MR) is 89.7 cm³/mol. The van der Waals surface area contributed by atoms with Gasteiger partial charge in [-0.3, -0.25) is 0 Å². The first-order chi connectivity index (χ1) is 12.4. The van der Waals surface area contributed by atoms with E-state index in [4.69, 9.17) is 4.74 Å². The third-order valence-corrected chi connectivity index (χ3v) is 6.18. The average molecular weight is 385 g/mol. The third-order valence-electron chi connectivity index (χ3n) is 4.30. The van der Waals surface area contributed by atoms with Crippen molar-refractivity contribution in [2.75, 3.05) is 19.7 Å². The number of rotatable bonds is 5. The summed E-state index contributed by atoms with van der Waals surface area (Å²) in [6.45, 7) is 0.645. The second-order valence-corrected chi connectivity index (χ2v) is 8.10. The Kier molecular flexibility index (Phi) is 5.52. The highest BCUT2D eigenvalue weighted by atomic mass is 32.2. The molecular formula is C18H18F3NO3S. The van der Waals surface area contributed by atoms with Gasteiger partial charge < -0.3 is 4.74 Å². The first-order valence-corrected chi connectivity index (χ1v) is 9.64. The Hall–Kier alpha value is -2.06. The summed E-state index contributed by atoms with van der Waals surface area (Å²) in [6.07, 6.45) is 1.34. The molecule has 2 aromatic carbocycles. The fraction of sp³-hybridized carbons (Fsp3) is 0.333. The minimum Gasteiger partial charge on any atom is -0.493 e. The Bertz CT molecular complexity index is 875. The van der Waals surface area contributed by atoms with E-state index >= 15 is 0 Å². The molecule has 140 valence electrons. The quantitative estimate of drug-likeness (QED) is 0.739. The molecule has 2 aromatic rings. The zero-order valence-electron chi connectivity index (χ0n) is 13.9. The number of ether oxygens (including phenoxy) is 1. The van der Waals surface area contributed by atoms with Gasteiger partial charge in [0.15, 0.2) is 11.6 Å². The summed E-state index contributed by atoms with van der Waals surface area (Å²) in [7, 11) is -4.25. The van der Waals surface area contributed by atoms with Crippen LogP contribution in [-0.4, -0.2) is 32.4 Å². The summed E-state index contributed by atoms with van der Waals surface area (Å²) < 4.78 is 72.4. The van der Waals surface area contributed by atoms with Crippen LogP contribution in [0, 0.1) is 23.4 Å². The standard InChI is InChI=1S/C18H18F3NO3S/c19-15-9-17(21)18(10-16(15)20)26(23,24)22-8-4-5-13(11-22)12-25-14-6-2-1-3-7-14/h1-3,6-7,9-10,13H,4-5,8,11-12H2. The van der Waals surface area contributed by atoms with Crippen LogP contribution in [0.2, 0.25) is 0 Å². The number of sulfonamides is 1. The molecule has 0 N–H and O–H groups in total. The van der Waals surface area contributed by atoms with Crippen molar-refractivity contribution in [2.45, 2.75) is 17.7 Å². The van der Waals surface area contributed by atoms with Gasteiger partial charge in [0.1, 0.15) is 16.5 Å². The van der Waals surface area contributed by atoms with Gasteiger partial charge in [-0.1, -0.05) is 18.2 Å². The van der Waals surface area contributed by atoms with Gasteiger partial charge in [-0.2, -0.15) is 4.31 Å². The molecule has 0 aromatic heterocycles. The first kappa shape index (κ1) is 18.7. The summed E-state index contributed by atoms with van der Waals surface area (Å²) in [5.74, 6) is -3.52. The molecule has 8 heteroatoms. The predicted octanol–water partition coefficient (Wildman–Crippen LogP) is 3.58. The smallest absolute Gasteiger partial charge is 0.246 e. The van der Waals surface area contributed by atoms with Gasteiger partial charge in [0.2, 0.25) is 10.0 Å². The molecule has 0 amide bonds. The third kappa shape index (κ3) is 4.02. The van der Waals surface area contributed by atoms with Crippen molar-refractivity contribution in [2.24, 2.45) is 5.92 Å². The van der Waals surface area contributed by atoms with Gasteiger partial charge >= 0.3 is 0 Å². The summed E-state index contributed by atoms with van der Waals surface area (Å²) in [6, 6.07) is 9.77. The Morgan fingerprint density at radius 3 is 2.46 bits per heavy atom. The van der Waals surface area contributed by atoms with Crippen LogP contribution < -0.4 is 4.74 Å². The Morgan fingerprint density at radius 1 is 1.04 bits per heavy atom. The van der Waals surface area contributed by atoms with Crippen molar-refractivity contribution < 1.29 is 26.3 Å². The lowest BCUT2D eigenvalue weighted by Crippen LogP contribution is -2.41. The molecule has 0 saturated carbocycles. The van der Waals surface area contributed by atoms with Crippen molar-refractivity contribution in [1.82, 2.24) is 4.31 Å². The van der Waals surface area contributed by atoms with E-state index in [0.717, 1.165) is 10.7 Å². The molecular weight excluding hydrogens is 367 g/mol. The average Bonchev–Trinajstić information content (AvgIpc) is 2.64. The Labute approximate surface area is 150 Å². The van der Waals surface area contributed by atoms with Crippen LogP contribution in [0.1, 0.15) is 12.8 Å². The number of hydrogen-bond donors (Lipinski definition) is 0. The maximum atomic E-state index is 13.9. The lowest BCUT2D eigenvalue weighted by molar-refractivity contribution is 0.180. The molecule has 0 bridgehead atoms. The summed E-state index contributed by atoms with van der Waals surface area (Å²) in [5, 5.41) is 0. The maximum absolute atomic E-state index is 13.9. The second kappa shape index (κ2) is 7.67. The second-order valence-electron chi connectivity index (χ2n) is 6.19. The molecule has 1 aliphatic heterocycles. The highest BCUT2D eigenvalue weighted by molar-refractivity contribution is 7.89. The van der Waals surface area contributed by atoms with E-state index < -0.39 is 32.4 Å². The number of benzene rings is 2. The van der Waals surface area contributed by atoms with Crippen molar-refractivity contribution in [3.63, 3.8) is 0 Å². The van der Waals surface area contributed by atoms with Crippen molar-refractivity contribution in [3.05, 3.63) is 59.9 Å². The van der Waals surface area contributed by atoms with Crippen LogP contribution in [0.15, 0.2) is 47.4 Å². The van der Waals surface area contributed by atoms with E-state index in [1.54, 1.807) is 12.1 Å². The van der Waals surface area contributed by atoms with Gasteiger partial charge in [0, 0.05) is 25.1 Å². The lowest BCUT2D eigenvalue weighted by Gasteiger charge is -2.31. The fourth-order valence-electron chi connectivity index (χ4n) is 2.95. The van der Waals surface area contributed by atoms with Gasteiger partial charge in [0.25, 0.3) is 0 Å². The van der Waals surface area contributed by atoms with Gasteiger partial charge in [-0.25, -0.2) is 21.6 Å². The van der Waals surface area contributed by atoms with Crippen molar-refractivity contribution >= 4 is 10.0 Å². The molecule has 3 rings (SSSR count). The number of nitrogens with zero attached hydrogens (tertiary/aromatic N) is 1. The molecule has 1 fully saturated rings. The van der Waals surface area contributed by atoms with Gasteiger partial charge in [0.05, 0.1) is 6.61 Å². The first-order valence-electron chi connectivity index (χ1n) is 8.20. The topological polar surface area (TPSA) is 46.6 Å². The molecule has 1 heterocycles. The number of piperidine rings is 1. The SMILES string of the molecule is O=S(=O)(c1cc(F)c(F)cc1F)N1CCCC(COc2ccccc2)C1. The molecule has 0 spiro atoms. The van der Waals surface area contributed by atoms with Crippen molar-refractivity contribution in [3.8, 4) is 5.75 Å². The summed E-state index contributed by atoms with van der Waals surface area (Å²) >= 11 is 0. The lowest BCUT2D eigenvalue weighted by atomic mass is 10.0. The number of para-hydroxylation sites is 1. The minimum atomic E-state index is -4.25. The zero-order valence-corrected chi connectivity index (χ0v) is 14.7. The van der Waals surface area contributed by atoms with Gasteiger partial charge in [-0.15, -0.1) is 0 Å². The zero-order chi connectivity index (χ0) is 18.7. The normalized spacial score (nSPS) is 18.7. The monoisotopic (exact) mass is 385 g/mol. The minimum absolute atomic E-state index is 0.0768. The van der Waals surface area contributed by atoms with Crippen LogP contribution in [0.5, 0.6) is 5.75 Å². The fourth-order valence-corrected chi connectivity index (χ4v) is 4.57. The van der Waals surface area contributed by atoms with E-state index in [-0.39, 0.29) is 25.1 Å². The van der Waals surface area contributed by atoms with Crippen LogP contribution in [0.4, 0.5) is 13.2 Å². The Balaban J connectivity index is 1.73. The molecule has 26 heavy (non-hydrogen) atoms. The summed E-state index contributed by atoms with van der Waals surface area (Å²) in [5.41, 5.74) is 0. The van der Waals surface area contributed by atoms with Crippen molar-refractivity contribution in [1.29, 1.82) is 0 Å². The van der Waals surface area contributed by atoms with E-state index in [0.29, 0.717) is 24.8 Å². The van der Waals surface area contributed by atoms with Crippen LogP contribution in [0.25, 0.3) is 0 Å².